The lowest BCUT2D eigenvalue weighted by Gasteiger charge is -2.26. The van der Waals surface area contributed by atoms with E-state index in [0.29, 0.717) is 18.2 Å². The van der Waals surface area contributed by atoms with Crippen LogP contribution in [0.4, 0.5) is 5.13 Å². The minimum absolute atomic E-state index is 0.267. The predicted octanol–water partition coefficient (Wildman–Crippen LogP) is 4.94. The first-order valence-corrected chi connectivity index (χ1v) is 11.9. The highest BCUT2D eigenvalue weighted by molar-refractivity contribution is 7.09. The number of amides is 1. The molecule has 0 N–H and O–H groups in total. The molecule has 1 aliphatic heterocycles. The molecule has 2 heterocycles. The number of aromatic nitrogens is 2. The molecule has 1 aliphatic rings. The lowest BCUT2D eigenvalue weighted by molar-refractivity contribution is -0.132. The molecular weight excluding hydrogens is 392 g/mol. The molecule has 6 heteroatoms. The lowest BCUT2D eigenvalue weighted by Crippen LogP contribution is -2.36. The number of aryl methyl sites for hydroxylation is 1. The number of anilines is 1. The third-order valence-electron chi connectivity index (χ3n) is 5.54. The van der Waals surface area contributed by atoms with Crippen molar-refractivity contribution in [2.45, 2.75) is 60.3 Å². The van der Waals surface area contributed by atoms with Crippen LogP contribution in [0.25, 0.3) is 0 Å². The van der Waals surface area contributed by atoms with E-state index in [0.717, 1.165) is 56.4 Å². The molecule has 1 atom stereocenters. The van der Waals surface area contributed by atoms with E-state index in [2.05, 4.69) is 68.2 Å². The Bertz CT molecular complexity index is 824. The maximum absolute atomic E-state index is 12.8. The molecule has 164 valence electrons. The van der Waals surface area contributed by atoms with Crippen LogP contribution in [0.2, 0.25) is 0 Å². The van der Waals surface area contributed by atoms with Gasteiger partial charge in [0.2, 0.25) is 11.0 Å². The highest BCUT2D eigenvalue weighted by Gasteiger charge is 2.24. The summed E-state index contributed by atoms with van der Waals surface area (Å²) in [5, 5.41) is 0.979. The first-order chi connectivity index (χ1) is 14.2. The molecule has 0 spiro atoms. The number of hydrogen-bond acceptors (Lipinski definition) is 5. The SMILES string of the molecule is Cc1ccc(Cc2nsc(N3CCCN(C(=O)CC(C)CC(C)(C)C)CC3)n2)cc1. The van der Waals surface area contributed by atoms with Crippen LogP contribution in [0.5, 0.6) is 0 Å². The summed E-state index contributed by atoms with van der Waals surface area (Å²) >= 11 is 1.48. The van der Waals surface area contributed by atoms with Crippen molar-refractivity contribution in [1.82, 2.24) is 14.3 Å². The van der Waals surface area contributed by atoms with Gasteiger partial charge in [-0.15, -0.1) is 0 Å². The van der Waals surface area contributed by atoms with E-state index >= 15 is 0 Å². The van der Waals surface area contributed by atoms with E-state index in [-0.39, 0.29) is 5.41 Å². The zero-order chi connectivity index (χ0) is 21.7. The average molecular weight is 429 g/mol. The largest absolute Gasteiger partial charge is 0.345 e. The molecule has 1 unspecified atom stereocenters. The summed E-state index contributed by atoms with van der Waals surface area (Å²) in [6.07, 6.45) is 3.47. The standard InChI is InChI=1S/C24H36N4OS/c1-18-7-9-20(10-8-18)16-21-25-23(30-26-21)28-12-6-11-27(13-14-28)22(29)15-19(2)17-24(3,4)5/h7-10,19H,6,11-17H2,1-5H3. The zero-order valence-electron chi connectivity index (χ0n) is 19.1. The molecule has 0 aliphatic carbocycles. The molecule has 0 saturated carbocycles. The number of nitrogens with zero attached hydrogens (tertiary/aromatic N) is 4. The smallest absolute Gasteiger partial charge is 0.222 e. The number of hydrogen-bond donors (Lipinski definition) is 0. The Kier molecular flexibility index (Phi) is 7.50. The molecule has 0 bridgehead atoms. The highest BCUT2D eigenvalue weighted by Crippen LogP contribution is 2.27. The maximum atomic E-state index is 12.8. The van der Waals surface area contributed by atoms with Gasteiger partial charge in [-0.25, -0.2) is 4.98 Å². The summed E-state index contributed by atoms with van der Waals surface area (Å²) in [4.78, 5) is 21.9. The molecule has 1 fully saturated rings. The van der Waals surface area contributed by atoms with Crippen molar-refractivity contribution in [3.8, 4) is 0 Å². The van der Waals surface area contributed by atoms with Crippen LogP contribution < -0.4 is 4.90 Å². The predicted molar refractivity (Wildman–Crippen MR) is 125 cm³/mol. The fourth-order valence-electron chi connectivity index (χ4n) is 4.24. The van der Waals surface area contributed by atoms with Gasteiger partial charge in [0, 0.05) is 50.6 Å². The molecule has 1 aromatic carbocycles. The van der Waals surface area contributed by atoms with Crippen molar-refractivity contribution >= 4 is 22.6 Å². The van der Waals surface area contributed by atoms with Crippen molar-refractivity contribution in [2.75, 3.05) is 31.1 Å². The van der Waals surface area contributed by atoms with Gasteiger partial charge in [0.05, 0.1) is 0 Å². The normalized spacial score (nSPS) is 16.4. The Morgan fingerprint density at radius 1 is 1.13 bits per heavy atom. The Morgan fingerprint density at radius 2 is 1.87 bits per heavy atom. The number of benzene rings is 1. The molecule has 5 nitrogen and oxygen atoms in total. The van der Waals surface area contributed by atoms with Crippen LogP contribution in [-0.2, 0) is 11.2 Å². The second kappa shape index (κ2) is 9.90. The van der Waals surface area contributed by atoms with Crippen LogP contribution in [0.3, 0.4) is 0 Å². The van der Waals surface area contributed by atoms with E-state index in [1.54, 1.807) is 0 Å². The summed E-state index contributed by atoms with van der Waals surface area (Å²) in [5.74, 6) is 1.60. The van der Waals surface area contributed by atoms with Crippen molar-refractivity contribution in [1.29, 1.82) is 0 Å². The lowest BCUT2D eigenvalue weighted by atomic mass is 9.84. The van der Waals surface area contributed by atoms with Gasteiger partial charge in [-0.05, 0) is 36.7 Å². The molecule has 1 aromatic heterocycles. The summed E-state index contributed by atoms with van der Waals surface area (Å²) in [5.41, 5.74) is 2.77. The van der Waals surface area contributed by atoms with Gasteiger partial charge < -0.3 is 9.80 Å². The number of carbonyl (C=O) groups excluding carboxylic acids is 1. The van der Waals surface area contributed by atoms with E-state index in [1.807, 2.05) is 4.90 Å². The number of rotatable bonds is 6. The topological polar surface area (TPSA) is 49.3 Å². The fourth-order valence-corrected chi connectivity index (χ4v) is 4.97. The van der Waals surface area contributed by atoms with Crippen molar-refractivity contribution in [3.05, 3.63) is 41.2 Å². The molecule has 3 rings (SSSR count). The Hall–Kier alpha value is -1.95. The fraction of sp³-hybridized carbons (Fsp3) is 0.625. The van der Waals surface area contributed by atoms with Gasteiger partial charge >= 0.3 is 0 Å². The van der Waals surface area contributed by atoms with E-state index in [1.165, 1.54) is 22.7 Å². The summed E-state index contributed by atoms with van der Waals surface area (Å²) in [7, 11) is 0. The number of carbonyl (C=O) groups is 1. The molecule has 30 heavy (non-hydrogen) atoms. The third kappa shape index (κ3) is 6.79. The van der Waals surface area contributed by atoms with Gasteiger partial charge in [-0.2, -0.15) is 4.37 Å². The Morgan fingerprint density at radius 3 is 2.57 bits per heavy atom. The van der Waals surface area contributed by atoms with Crippen LogP contribution in [-0.4, -0.2) is 46.3 Å². The second-order valence-electron chi connectivity index (χ2n) is 9.95. The zero-order valence-corrected chi connectivity index (χ0v) is 20.0. The first kappa shape index (κ1) is 22.7. The maximum Gasteiger partial charge on any atom is 0.222 e. The van der Waals surface area contributed by atoms with Gasteiger partial charge in [0.15, 0.2) is 0 Å². The van der Waals surface area contributed by atoms with Crippen LogP contribution in [0.1, 0.15) is 63.9 Å². The van der Waals surface area contributed by atoms with Crippen LogP contribution in [0.15, 0.2) is 24.3 Å². The van der Waals surface area contributed by atoms with E-state index in [9.17, 15) is 4.79 Å². The van der Waals surface area contributed by atoms with Crippen molar-refractivity contribution in [3.63, 3.8) is 0 Å². The minimum Gasteiger partial charge on any atom is -0.345 e. The summed E-state index contributed by atoms with van der Waals surface area (Å²) < 4.78 is 4.58. The highest BCUT2D eigenvalue weighted by atomic mass is 32.1. The molecule has 0 radical (unpaired) electrons. The first-order valence-electron chi connectivity index (χ1n) is 11.1. The monoisotopic (exact) mass is 428 g/mol. The van der Waals surface area contributed by atoms with Crippen LogP contribution in [0, 0.1) is 18.3 Å². The molecular formula is C24H36N4OS. The van der Waals surface area contributed by atoms with Gasteiger partial charge in [0.25, 0.3) is 0 Å². The average Bonchev–Trinajstić information content (AvgIpc) is 2.96. The van der Waals surface area contributed by atoms with Gasteiger partial charge in [0.1, 0.15) is 5.82 Å². The molecule has 2 aromatic rings. The summed E-state index contributed by atoms with van der Waals surface area (Å²) in [6.45, 7) is 14.4. The Labute approximate surface area is 185 Å². The van der Waals surface area contributed by atoms with Gasteiger partial charge in [-0.1, -0.05) is 57.5 Å². The molecule has 1 saturated heterocycles. The Balaban J connectivity index is 1.53. The van der Waals surface area contributed by atoms with Gasteiger partial charge in [-0.3, -0.25) is 4.79 Å². The minimum atomic E-state index is 0.267. The van der Waals surface area contributed by atoms with Crippen molar-refractivity contribution < 1.29 is 4.79 Å². The quantitative estimate of drug-likeness (QED) is 0.654. The van der Waals surface area contributed by atoms with E-state index in [4.69, 9.17) is 4.98 Å². The summed E-state index contributed by atoms with van der Waals surface area (Å²) in [6, 6.07) is 8.55. The van der Waals surface area contributed by atoms with Crippen LogP contribution >= 0.6 is 11.5 Å². The molecule has 1 amide bonds. The third-order valence-corrected chi connectivity index (χ3v) is 6.36. The van der Waals surface area contributed by atoms with E-state index < -0.39 is 0 Å². The second-order valence-corrected chi connectivity index (χ2v) is 10.7. The van der Waals surface area contributed by atoms with Crippen molar-refractivity contribution in [2.24, 2.45) is 11.3 Å².